The fraction of sp³-hybridized carbons (Fsp3) is 0.435. The Labute approximate surface area is 192 Å². The normalized spacial score (nSPS) is 17.6. The van der Waals surface area contributed by atoms with Crippen molar-refractivity contribution in [3.63, 3.8) is 0 Å². The topological polar surface area (TPSA) is 48.9 Å². The van der Waals surface area contributed by atoms with E-state index < -0.39 is 0 Å². The second kappa shape index (κ2) is 12.8. The van der Waals surface area contributed by atoms with Crippen molar-refractivity contribution in [2.45, 2.75) is 18.9 Å². The molecule has 0 radical (unpaired) electrons. The van der Waals surface area contributed by atoms with Gasteiger partial charge in [-0.15, -0.1) is 24.0 Å². The van der Waals surface area contributed by atoms with Crippen LogP contribution in [-0.4, -0.2) is 63.3 Å². The number of nitrogens with one attached hydrogen (secondary N) is 2. The van der Waals surface area contributed by atoms with Gasteiger partial charge in [0, 0.05) is 32.1 Å². The Morgan fingerprint density at radius 2 is 1.69 bits per heavy atom. The minimum absolute atomic E-state index is 0. The first kappa shape index (κ1) is 23.6. The Kier molecular flexibility index (Phi) is 10.5. The number of morpholine rings is 1. The molecule has 2 N–H and O–H groups in total. The quantitative estimate of drug-likeness (QED) is 0.343. The molecule has 1 aliphatic heterocycles. The zero-order valence-corrected chi connectivity index (χ0v) is 19.7. The summed E-state index contributed by atoms with van der Waals surface area (Å²) in [6.45, 7) is 7.11. The fourth-order valence-electron chi connectivity index (χ4n) is 3.50. The van der Waals surface area contributed by atoms with Crippen molar-refractivity contribution in [2.75, 3.05) is 46.4 Å². The van der Waals surface area contributed by atoms with Crippen molar-refractivity contribution in [1.82, 2.24) is 15.5 Å². The molecule has 0 saturated carbocycles. The summed E-state index contributed by atoms with van der Waals surface area (Å²) in [5, 5.41) is 6.82. The Morgan fingerprint density at radius 3 is 2.24 bits per heavy atom. The highest BCUT2D eigenvalue weighted by atomic mass is 127. The standard InChI is InChI=1S/C23H32N4O.HI/c1-3-24-23(25-16-21-18-27(2)14-15-28-21)26-17-22(19-10-6-4-7-11-19)20-12-8-5-9-13-20;/h4-13,21-22H,3,14-18H2,1-2H3,(H2,24,25,26);1H. The molecule has 0 aromatic heterocycles. The maximum Gasteiger partial charge on any atom is 0.191 e. The van der Waals surface area contributed by atoms with Crippen LogP contribution >= 0.6 is 24.0 Å². The third-order valence-electron chi connectivity index (χ3n) is 5.02. The molecule has 2 aromatic carbocycles. The summed E-state index contributed by atoms with van der Waals surface area (Å²) in [5.74, 6) is 1.08. The molecule has 1 aliphatic rings. The molecule has 1 atom stereocenters. The maximum absolute atomic E-state index is 5.85. The van der Waals surface area contributed by atoms with E-state index in [1.807, 2.05) is 0 Å². The molecule has 29 heavy (non-hydrogen) atoms. The third kappa shape index (κ3) is 7.60. The number of nitrogens with zero attached hydrogens (tertiary/aromatic N) is 2. The van der Waals surface area contributed by atoms with Crippen LogP contribution in [0.25, 0.3) is 0 Å². The summed E-state index contributed by atoms with van der Waals surface area (Å²) in [7, 11) is 2.14. The Morgan fingerprint density at radius 1 is 1.07 bits per heavy atom. The molecule has 0 aliphatic carbocycles. The minimum atomic E-state index is 0. The Balaban J connectivity index is 0.00000300. The van der Waals surface area contributed by atoms with Gasteiger partial charge in [-0.3, -0.25) is 4.99 Å². The molecule has 1 heterocycles. The van der Waals surface area contributed by atoms with Gasteiger partial charge in [-0.1, -0.05) is 60.7 Å². The second-order valence-electron chi connectivity index (χ2n) is 7.23. The molecule has 0 bridgehead atoms. The molecule has 1 saturated heterocycles. The van der Waals surface area contributed by atoms with E-state index in [0.717, 1.165) is 38.7 Å². The van der Waals surface area contributed by atoms with E-state index in [4.69, 9.17) is 9.73 Å². The average molecular weight is 508 g/mol. The van der Waals surface area contributed by atoms with Gasteiger partial charge in [0.1, 0.15) is 0 Å². The predicted octanol–water partition coefficient (Wildman–Crippen LogP) is 3.32. The number of rotatable bonds is 7. The molecule has 158 valence electrons. The molecule has 1 unspecified atom stereocenters. The molecule has 5 nitrogen and oxygen atoms in total. The van der Waals surface area contributed by atoms with Crippen molar-refractivity contribution >= 4 is 29.9 Å². The predicted molar refractivity (Wildman–Crippen MR) is 131 cm³/mol. The van der Waals surface area contributed by atoms with Gasteiger partial charge in [0.2, 0.25) is 0 Å². The molecule has 3 rings (SSSR count). The highest BCUT2D eigenvalue weighted by Crippen LogP contribution is 2.24. The van der Waals surface area contributed by atoms with Crippen molar-refractivity contribution < 1.29 is 4.74 Å². The van der Waals surface area contributed by atoms with Gasteiger partial charge in [0.05, 0.1) is 19.3 Å². The number of halogens is 1. The van der Waals surface area contributed by atoms with Crippen molar-refractivity contribution in [3.8, 4) is 0 Å². The third-order valence-corrected chi connectivity index (χ3v) is 5.02. The van der Waals surface area contributed by atoms with Gasteiger partial charge in [-0.25, -0.2) is 0 Å². The lowest BCUT2D eigenvalue weighted by molar-refractivity contribution is -0.0161. The number of hydrogen-bond donors (Lipinski definition) is 2. The van der Waals surface area contributed by atoms with Crippen molar-refractivity contribution in [3.05, 3.63) is 71.8 Å². The van der Waals surface area contributed by atoms with Crippen molar-refractivity contribution in [1.29, 1.82) is 0 Å². The number of benzene rings is 2. The number of aliphatic imine (C=N–C) groups is 1. The first-order chi connectivity index (χ1) is 13.8. The molecular formula is C23H33IN4O. The van der Waals surface area contributed by atoms with E-state index in [2.05, 4.69) is 90.2 Å². The number of likely N-dealkylation sites (N-methyl/N-ethyl adjacent to an activating group) is 1. The van der Waals surface area contributed by atoms with E-state index in [1.54, 1.807) is 0 Å². The molecular weight excluding hydrogens is 475 g/mol. The van der Waals surface area contributed by atoms with Crippen molar-refractivity contribution in [2.24, 2.45) is 4.99 Å². The number of hydrogen-bond acceptors (Lipinski definition) is 3. The lowest BCUT2D eigenvalue weighted by atomic mass is 9.91. The largest absolute Gasteiger partial charge is 0.374 e. The summed E-state index contributed by atoms with van der Waals surface area (Å²) in [6.07, 6.45) is 0.196. The average Bonchev–Trinajstić information content (AvgIpc) is 2.74. The summed E-state index contributed by atoms with van der Waals surface area (Å²) in [6, 6.07) is 21.2. The highest BCUT2D eigenvalue weighted by molar-refractivity contribution is 14.0. The van der Waals surface area contributed by atoms with Crippen LogP contribution in [0, 0.1) is 0 Å². The van der Waals surface area contributed by atoms with Crippen LogP contribution < -0.4 is 10.6 Å². The van der Waals surface area contributed by atoms with E-state index in [-0.39, 0.29) is 36.0 Å². The molecule has 6 heteroatoms. The smallest absolute Gasteiger partial charge is 0.191 e. The minimum Gasteiger partial charge on any atom is -0.374 e. The molecule has 2 aromatic rings. The van der Waals surface area contributed by atoms with E-state index in [1.165, 1.54) is 11.1 Å². The van der Waals surface area contributed by atoms with Gasteiger partial charge in [-0.2, -0.15) is 0 Å². The van der Waals surface area contributed by atoms with E-state index in [9.17, 15) is 0 Å². The maximum atomic E-state index is 5.85. The molecule has 0 spiro atoms. The lowest BCUT2D eigenvalue weighted by Crippen LogP contribution is -2.48. The molecule has 0 amide bonds. The highest BCUT2D eigenvalue weighted by Gasteiger charge is 2.18. The van der Waals surface area contributed by atoms with E-state index in [0.29, 0.717) is 6.54 Å². The van der Waals surface area contributed by atoms with Gasteiger partial charge >= 0.3 is 0 Å². The first-order valence-corrected chi connectivity index (χ1v) is 10.2. The van der Waals surface area contributed by atoms with Crippen LogP contribution in [0.2, 0.25) is 0 Å². The summed E-state index contributed by atoms with van der Waals surface area (Å²) in [5.41, 5.74) is 2.57. The SMILES string of the molecule is CCNC(=NCC(c1ccccc1)c1ccccc1)NCC1CN(C)CCO1.I. The van der Waals surface area contributed by atoms with Crippen LogP contribution in [0.5, 0.6) is 0 Å². The van der Waals surface area contributed by atoms with Gasteiger partial charge in [-0.05, 0) is 25.1 Å². The zero-order valence-electron chi connectivity index (χ0n) is 17.4. The second-order valence-corrected chi connectivity index (χ2v) is 7.23. The van der Waals surface area contributed by atoms with Crippen LogP contribution in [0.4, 0.5) is 0 Å². The number of guanidine groups is 1. The van der Waals surface area contributed by atoms with Crippen LogP contribution in [0.1, 0.15) is 24.0 Å². The summed E-state index contributed by atoms with van der Waals surface area (Å²) >= 11 is 0. The van der Waals surface area contributed by atoms with Gasteiger partial charge in [0.25, 0.3) is 0 Å². The summed E-state index contributed by atoms with van der Waals surface area (Å²) < 4.78 is 5.85. The number of ether oxygens (including phenoxy) is 1. The first-order valence-electron chi connectivity index (χ1n) is 10.2. The fourth-order valence-corrected chi connectivity index (χ4v) is 3.50. The van der Waals surface area contributed by atoms with Crippen LogP contribution in [-0.2, 0) is 4.74 Å². The lowest BCUT2D eigenvalue weighted by Gasteiger charge is -2.30. The van der Waals surface area contributed by atoms with Gasteiger partial charge in [0.15, 0.2) is 5.96 Å². The summed E-state index contributed by atoms with van der Waals surface area (Å²) in [4.78, 5) is 7.20. The Hall–Kier alpha value is -1.64. The van der Waals surface area contributed by atoms with Crippen LogP contribution in [0.3, 0.4) is 0 Å². The monoisotopic (exact) mass is 508 g/mol. The van der Waals surface area contributed by atoms with Gasteiger partial charge < -0.3 is 20.3 Å². The Bertz CT molecular complexity index is 687. The van der Waals surface area contributed by atoms with E-state index >= 15 is 0 Å². The zero-order chi connectivity index (χ0) is 19.6. The van der Waals surface area contributed by atoms with Crippen LogP contribution in [0.15, 0.2) is 65.7 Å². The molecule has 1 fully saturated rings.